The van der Waals surface area contributed by atoms with Crippen LogP contribution >= 0.6 is 15.9 Å². The molecule has 2 aromatic carbocycles. The zero-order chi connectivity index (χ0) is 42.2. The second-order valence-corrected chi connectivity index (χ2v) is 14.3. The number of nitrogens with one attached hydrogen (secondary N) is 2. The molecule has 3 amide bonds. The number of amides is 3. The van der Waals surface area contributed by atoms with Gasteiger partial charge in [0.05, 0.1) is 17.4 Å². The molecule has 3 aromatic rings. The number of carbonyl (C=O) groups is 5. The van der Waals surface area contributed by atoms with Crippen molar-refractivity contribution in [2.24, 2.45) is 11.1 Å². The maximum Gasteiger partial charge on any atom is 0.490 e. The van der Waals surface area contributed by atoms with Gasteiger partial charge < -0.3 is 36.0 Å². The lowest BCUT2D eigenvalue weighted by atomic mass is 9.82. The van der Waals surface area contributed by atoms with Crippen LogP contribution in [0.4, 0.5) is 22.0 Å². The summed E-state index contributed by atoms with van der Waals surface area (Å²) in [7, 11) is 0. The van der Waals surface area contributed by atoms with Crippen molar-refractivity contribution in [1.82, 2.24) is 20.1 Å². The molecule has 56 heavy (non-hydrogen) atoms. The van der Waals surface area contributed by atoms with Gasteiger partial charge in [-0.15, -0.1) is 0 Å². The van der Waals surface area contributed by atoms with E-state index >= 15 is 0 Å². The van der Waals surface area contributed by atoms with Crippen molar-refractivity contribution in [2.45, 2.75) is 71.3 Å². The normalized spacial score (nSPS) is 12.5. The van der Waals surface area contributed by atoms with Crippen LogP contribution in [0.15, 0.2) is 60.8 Å². The quantitative estimate of drug-likeness (QED) is 0.0665. The van der Waals surface area contributed by atoms with Gasteiger partial charge in [0, 0.05) is 62.0 Å². The third-order valence-electron chi connectivity index (χ3n) is 8.25. The van der Waals surface area contributed by atoms with Crippen LogP contribution in [0, 0.1) is 17.0 Å². The Hall–Kier alpha value is -4.68. The summed E-state index contributed by atoms with van der Waals surface area (Å²) < 4.78 is 62.8. The van der Waals surface area contributed by atoms with Crippen LogP contribution in [0.5, 0.6) is 0 Å². The molecule has 0 unspecified atom stereocenters. The zero-order valence-electron chi connectivity index (χ0n) is 31.2. The summed E-state index contributed by atoms with van der Waals surface area (Å²) in [5, 5.41) is 22.8. The highest BCUT2D eigenvalue weighted by Crippen LogP contribution is 2.41. The second kappa shape index (κ2) is 22.2. The van der Waals surface area contributed by atoms with E-state index in [1.807, 2.05) is 55.7 Å². The number of rotatable bonds is 18. The largest absolute Gasteiger partial charge is 0.490 e. The number of alkyl halides is 4. The van der Waals surface area contributed by atoms with E-state index in [9.17, 15) is 46.2 Å². The number of aromatic nitrogens is 1. The molecule has 0 saturated heterocycles. The minimum atomic E-state index is -5.08. The highest BCUT2D eigenvalue weighted by atomic mass is 79.9. The Morgan fingerprint density at radius 3 is 2.14 bits per heavy atom. The minimum absolute atomic E-state index is 0.0271. The fourth-order valence-electron chi connectivity index (χ4n) is 5.58. The Kier molecular flexibility index (Phi) is 18.8. The van der Waals surface area contributed by atoms with Gasteiger partial charge in [-0.1, -0.05) is 67.0 Å². The third-order valence-corrected chi connectivity index (χ3v) is 8.87. The number of aliphatic hydroxyl groups excluding tert-OH is 1. The summed E-state index contributed by atoms with van der Waals surface area (Å²) >= 11 is 3.06. The molecule has 6 N–H and O–H groups in total. The molecule has 0 fully saturated rings. The van der Waals surface area contributed by atoms with Crippen molar-refractivity contribution < 1.29 is 56.1 Å². The van der Waals surface area contributed by atoms with Gasteiger partial charge in [-0.05, 0) is 48.1 Å². The Morgan fingerprint density at radius 2 is 1.57 bits per heavy atom. The van der Waals surface area contributed by atoms with E-state index < -0.39 is 59.7 Å². The van der Waals surface area contributed by atoms with Crippen molar-refractivity contribution >= 4 is 45.4 Å². The van der Waals surface area contributed by atoms with E-state index in [0.717, 1.165) is 23.8 Å². The summed E-state index contributed by atoms with van der Waals surface area (Å²) in [5.41, 5.74) is 7.70. The highest BCUT2D eigenvalue weighted by Gasteiger charge is 2.39. The summed E-state index contributed by atoms with van der Waals surface area (Å²) in [4.78, 5) is 59.8. The number of aliphatic hydroxyl groups is 1. The number of aliphatic carboxylic acids is 1. The maximum atomic E-state index is 15.0. The minimum Gasteiger partial charge on any atom is -0.475 e. The molecule has 0 radical (unpaired) electrons. The molecule has 0 aliphatic rings. The number of hydrogen-bond acceptors (Lipinski definition) is 7. The first kappa shape index (κ1) is 47.5. The lowest BCUT2D eigenvalue weighted by molar-refractivity contribution is -0.192. The highest BCUT2D eigenvalue weighted by molar-refractivity contribution is 9.09. The van der Waals surface area contributed by atoms with Crippen molar-refractivity contribution in [3.8, 4) is 11.1 Å². The predicted molar refractivity (Wildman–Crippen MR) is 201 cm³/mol. The number of hydrogen-bond donors (Lipinski definition) is 5. The van der Waals surface area contributed by atoms with Crippen LogP contribution in [0.1, 0.15) is 63.8 Å². The molecule has 0 spiro atoms. The molecule has 0 aliphatic heterocycles. The molecule has 0 bridgehead atoms. The molecular weight excluding hydrogens is 813 g/mol. The van der Waals surface area contributed by atoms with Gasteiger partial charge in [0.2, 0.25) is 17.7 Å². The van der Waals surface area contributed by atoms with Crippen LogP contribution in [0.25, 0.3) is 11.1 Å². The number of halogens is 6. The van der Waals surface area contributed by atoms with Crippen molar-refractivity contribution in [3.63, 3.8) is 0 Å². The van der Waals surface area contributed by atoms with Crippen LogP contribution in [-0.2, 0) is 30.5 Å². The zero-order valence-corrected chi connectivity index (χ0v) is 32.8. The van der Waals surface area contributed by atoms with Crippen LogP contribution in [0.3, 0.4) is 0 Å². The maximum absolute atomic E-state index is 15.0. The average Bonchev–Trinajstić information content (AvgIpc) is 3.54. The van der Waals surface area contributed by atoms with E-state index in [1.165, 1.54) is 4.90 Å². The number of ketones is 1. The molecule has 12 nitrogen and oxygen atoms in total. The Balaban J connectivity index is 0.00000141. The van der Waals surface area contributed by atoms with Crippen LogP contribution < -0.4 is 16.4 Å². The fraction of sp³-hybridized carbons (Fsp3) is 0.447. The van der Waals surface area contributed by atoms with Crippen molar-refractivity contribution in [1.29, 1.82) is 0 Å². The predicted octanol–water partition coefficient (Wildman–Crippen LogP) is 5.11. The van der Waals surface area contributed by atoms with Crippen molar-refractivity contribution in [3.05, 3.63) is 83.7 Å². The average molecular weight is 861 g/mol. The molecule has 1 aromatic heterocycles. The van der Waals surface area contributed by atoms with Crippen molar-refractivity contribution in [2.75, 3.05) is 31.6 Å². The van der Waals surface area contributed by atoms with Gasteiger partial charge in [-0.2, -0.15) is 13.2 Å². The molecule has 0 aliphatic carbocycles. The van der Waals surface area contributed by atoms with Gasteiger partial charge in [0.25, 0.3) is 0 Å². The lowest BCUT2D eigenvalue weighted by Gasteiger charge is -2.41. The van der Waals surface area contributed by atoms with Gasteiger partial charge >= 0.3 is 12.1 Å². The molecule has 3 rings (SSSR count). The third kappa shape index (κ3) is 15.5. The Bertz CT molecular complexity index is 1780. The summed E-state index contributed by atoms with van der Waals surface area (Å²) in [6.45, 7) is 5.98. The van der Waals surface area contributed by atoms with Gasteiger partial charge in [0.15, 0.2) is 0 Å². The van der Waals surface area contributed by atoms with E-state index in [4.69, 9.17) is 15.6 Å². The fourth-order valence-corrected chi connectivity index (χ4v) is 5.86. The molecular formula is C38H47BrF5N5O7. The van der Waals surface area contributed by atoms with Gasteiger partial charge in [-0.3, -0.25) is 19.2 Å². The monoisotopic (exact) mass is 859 g/mol. The smallest absolute Gasteiger partial charge is 0.475 e. The summed E-state index contributed by atoms with van der Waals surface area (Å²) in [5.74, 6) is -5.26. The van der Waals surface area contributed by atoms with Crippen LogP contribution in [0.2, 0.25) is 0 Å². The van der Waals surface area contributed by atoms with E-state index in [-0.39, 0.29) is 54.9 Å². The molecule has 2 atom stereocenters. The first-order chi connectivity index (χ1) is 26.2. The van der Waals surface area contributed by atoms with E-state index in [0.29, 0.717) is 30.8 Å². The van der Waals surface area contributed by atoms with E-state index in [1.54, 1.807) is 12.3 Å². The number of benzene rings is 2. The number of Topliss-reactive ketones (excluding diaryl/α,β-unsaturated/α-hetero) is 1. The molecule has 0 saturated carbocycles. The Morgan fingerprint density at radius 1 is 0.946 bits per heavy atom. The topological polar surface area (TPSA) is 184 Å². The van der Waals surface area contributed by atoms with Gasteiger partial charge in [-0.25, -0.2) is 13.6 Å². The molecule has 18 heteroatoms. The van der Waals surface area contributed by atoms with E-state index in [2.05, 4.69) is 26.6 Å². The number of nitrogens with zero attached hydrogens (tertiary/aromatic N) is 2. The first-order valence-corrected chi connectivity index (χ1v) is 18.6. The number of carboxylic acid groups (broad SMARTS) is 1. The standard InChI is InChI=1S/C36H46BrF2N5O5.C2HF3O2/c1-36(2,3)34(31-18-25(28-19-26(38)10-12-29(28)39)22-43(31)21-24-8-5-4-6-9-24)44(33(48)23-45)17-14-30(40)35(49)42-16-7-15-41-32(47)13-11-27(46)20-37;3-2(4,5)1(6)7/h4-6,8-10,12,18-19,22,30,34,45H,7,11,13-17,20-21,23,40H2,1-3H3,(H,41,47)(H,42,49);(H,6,7)/t30-,34-;/m0./s1. The Labute approximate surface area is 329 Å². The SMILES string of the molecule is CC(C)(C)[C@H](c1cc(-c2cc(F)ccc2F)cn1Cc1ccccc1)N(CC[C@H](N)C(=O)NCCCNC(=O)CCC(=O)CBr)C(=O)CO.O=C(O)C(F)(F)F. The molecule has 1 heterocycles. The lowest BCUT2D eigenvalue weighted by Crippen LogP contribution is -2.47. The van der Waals surface area contributed by atoms with Crippen LogP contribution in [-0.4, -0.2) is 92.9 Å². The number of carboxylic acids is 1. The summed E-state index contributed by atoms with van der Waals surface area (Å²) in [6, 6.07) is 12.9. The first-order valence-electron chi connectivity index (χ1n) is 17.5. The summed E-state index contributed by atoms with van der Waals surface area (Å²) in [6.07, 6.45) is -2.58. The number of nitrogens with two attached hydrogens (primary N) is 1. The molecule has 308 valence electrons. The second-order valence-electron chi connectivity index (χ2n) is 13.8. The number of carbonyl (C=O) groups excluding carboxylic acids is 4. The van der Waals surface area contributed by atoms with Gasteiger partial charge in [0.1, 0.15) is 24.0 Å².